The average molecular weight is 430 g/mol. The summed E-state index contributed by atoms with van der Waals surface area (Å²) in [5.41, 5.74) is 4.37. The number of phenols is 1. The van der Waals surface area contributed by atoms with Crippen molar-refractivity contribution in [3.8, 4) is 16.9 Å². The Morgan fingerprint density at radius 1 is 0.636 bits per heavy atom. The smallest absolute Gasteiger partial charge is 0.252 e. The number of carbonyl (C=O) groups excluding carboxylic acids is 1. The molecular formula is C30H23NO2. The normalized spacial score (nSPS) is 11.8. The van der Waals surface area contributed by atoms with Gasteiger partial charge in [0.1, 0.15) is 5.75 Å². The van der Waals surface area contributed by atoms with Crippen molar-refractivity contribution in [1.29, 1.82) is 0 Å². The lowest BCUT2D eigenvalue weighted by Crippen LogP contribution is -2.29. The molecule has 0 aliphatic heterocycles. The quantitative estimate of drug-likeness (QED) is 0.325. The lowest BCUT2D eigenvalue weighted by molar-refractivity contribution is 0.0943. The van der Waals surface area contributed by atoms with Crippen LogP contribution in [0.15, 0.2) is 121 Å². The molecule has 2 N–H and O–H groups in total. The highest BCUT2D eigenvalue weighted by Crippen LogP contribution is 2.36. The van der Waals surface area contributed by atoms with Crippen LogP contribution in [0.3, 0.4) is 0 Å². The Morgan fingerprint density at radius 3 is 1.97 bits per heavy atom. The number of carbonyl (C=O) groups is 1. The number of nitrogens with one attached hydrogen (secondary N) is 1. The van der Waals surface area contributed by atoms with Gasteiger partial charge in [-0.05, 0) is 45.7 Å². The summed E-state index contributed by atoms with van der Waals surface area (Å²) in [6, 6.07) is 38.4. The van der Waals surface area contributed by atoms with Crippen LogP contribution < -0.4 is 5.32 Å². The van der Waals surface area contributed by atoms with E-state index in [9.17, 15) is 9.90 Å². The van der Waals surface area contributed by atoms with Crippen LogP contribution >= 0.6 is 0 Å². The van der Waals surface area contributed by atoms with Crippen molar-refractivity contribution < 1.29 is 9.90 Å². The van der Waals surface area contributed by atoms with E-state index in [4.69, 9.17) is 0 Å². The van der Waals surface area contributed by atoms with Gasteiger partial charge in [-0.25, -0.2) is 0 Å². The Bertz CT molecular complexity index is 1390. The van der Waals surface area contributed by atoms with Gasteiger partial charge in [-0.3, -0.25) is 4.79 Å². The van der Waals surface area contributed by atoms with Crippen LogP contribution in [0.2, 0.25) is 0 Å². The Hall–Kier alpha value is -4.37. The van der Waals surface area contributed by atoms with E-state index in [0.717, 1.165) is 27.5 Å². The molecule has 0 aliphatic carbocycles. The summed E-state index contributed by atoms with van der Waals surface area (Å²) in [6.07, 6.45) is 0. The summed E-state index contributed by atoms with van der Waals surface area (Å²) in [5.74, 6) is -0.0423. The van der Waals surface area contributed by atoms with Gasteiger partial charge in [0.25, 0.3) is 5.91 Å². The number of hydrogen-bond donors (Lipinski definition) is 2. The zero-order valence-electron chi connectivity index (χ0n) is 18.0. The highest BCUT2D eigenvalue weighted by Gasteiger charge is 2.23. The van der Waals surface area contributed by atoms with E-state index in [2.05, 4.69) is 29.6 Å². The lowest BCUT2D eigenvalue weighted by atomic mass is 9.91. The van der Waals surface area contributed by atoms with Crippen LogP contribution in [0, 0.1) is 0 Å². The third-order valence-electron chi connectivity index (χ3n) is 5.90. The van der Waals surface area contributed by atoms with Gasteiger partial charge < -0.3 is 10.4 Å². The fraction of sp³-hybridized carbons (Fsp3) is 0.0333. The first-order chi connectivity index (χ1) is 16.2. The van der Waals surface area contributed by atoms with Crippen molar-refractivity contribution in [3.05, 3.63) is 138 Å². The maximum atomic E-state index is 13.1. The van der Waals surface area contributed by atoms with Gasteiger partial charge in [0.2, 0.25) is 0 Å². The molecule has 160 valence electrons. The molecule has 1 amide bonds. The number of phenolic OH excluding ortho intramolecular Hbond substituents is 1. The minimum absolute atomic E-state index is 0.152. The van der Waals surface area contributed by atoms with Crippen LogP contribution in [-0.2, 0) is 0 Å². The maximum absolute atomic E-state index is 13.1. The lowest BCUT2D eigenvalue weighted by Gasteiger charge is -2.23. The molecule has 0 bridgehead atoms. The first-order valence-corrected chi connectivity index (χ1v) is 10.9. The van der Waals surface area contributed by atoms with E-state index in [-0.39, 0.29) is 11.7 Å². The summed E-state index contributed by atoms with van der Waals surface area (Å²) < 4.78 is 0. The van der Waals surface area contributed by atoms with Gasteiger partial charge in [0.15, 0.2) is 0 Å². The highest BCUT2D eigenvalue weighted by molar-refractivity contribution is 5.96. The summed E-state index contributed by atoms with van der Waals surface area (Å²) in [5, 5.41) is 16.0. The Balaban J connectivity index is 1.61. The summed E-state index contributed by atoms with van der Waals surface area (Å²) in [7, 11) is 0. The van der Waals surface area contributed by atoms with E-state index in [1.807, 2.05) is 78.9 Å². The standard InChI is InChI=1S/C30H23NO2/c32-27-20-19-23-11-7-8-14-26(23)28(27)29(31-30(33)25-12-5-2-6-13-25)24-17-15-22(16-18-24)21-9-3-1-4-10-21/h1-20,29,32H,(H,31,33). The molecule has 1 atom stereocenters. The molecule has 33 heavy (non-hydrogen) atoms. The molecule has 3 nitrogen and oxygen atoms in total. The second-order valence-electron chi connectivity index (χ2n) is 7.98. The zero-order chi connectivity index (χ0) is 22.6. The third kappa shape index (κ3) is 4.21. The van der Waals surface area contributed by atoms with Crippen molar-refractivity contribution >= 4 is 16.7 Å². The van der Waals surface area contributed by atoms with Gasteiger partial charge in [0.05, 0.1) is 6.04 Å². The molecule has 1 unspecified atom stereocenters. The van der Waals surface area contributed by atoms with Crippen LogP contribution in [0.4, 0.5) is 0 Å². The zero-order valence-corrected chi connectivity index (χ0v) is 18.0. The third-order valence-corrected chi connectivity index (χ3v) is 5.90. The fourth-order valence-electron chi connectivity index (χ4n) is 4.21. The number of aromatic hydroxyl groups is 1. The number of hydrogen-bond acceptors (Lipinski definition) is 2. The van der Waals surface area contributed by atoms with Crippen molar-refractivity contribution in [2.75, 3.05) is 0 Å². The summed E-state index contributed by atoms with van der Waals surface area (Å²) >= 11 is 0. The van der Waals surface area contributed by atoms with Crippen LogP contribution in [0.25, 0.3) is 21.9 Å². The molecular weight excluding hydrogens is 406 g/mol. The van der Waals surface area contributed by atoms with Crippen molar-refractivity contribution in [2.24, 2.45) is 0 Å². The molecule has 0 spiro atoms. The highest BCUT2D eigenvalue weighted by atomic mass is 16.3. The van der Waals surface area contributed by atoms with Crippen molar-refractivity contribution in [2.45, 2.75) is 6.04 Å². The number of rotatable bonds is 5. The molecule has 0 saturated heterocycles. The topological polar surface area (TPSA) is 49.3 Å². The molecule has 0 saturated carbocycles. The Kier molecular flexibility index (Phi) is 5.61. The fourth-order valence-corrected chi connectivity index (χ4v) is 4.21. The molecule has 0 aromatic heterocycles. The molecule has 3 heteroatoms. The van der Waals surface area contributed by atoms with E-state index < -0.39 is 6.04 Å². The van der Waals surface area contributed by atoms with Gasteiger partial charge >= 0.3 is 0 Å². The number of amides is 1. The SMILES string of the molecule is O=C(NC(c1ccc(-c2ccccc2)cc1)c1c(O)ccc2ccccc12)c1ccccc1. The minimum atomic E-state index is -0.520. The molecule has 5 aromatic carbocycles. The minimum Gasteiger partial charge on any atom is -0.508 e. The average Bonchev–Trinajstić information content (AvgIpc) is 2.89. The number of benzene rings is 5. The largest absolute Gasteiger partial charge is 0.508 e. The molecule has 0 aliphatic rings. The first-order valence-electron chi connectivity index (χ1n) is 10.9. The second kappa shape index (κ2) is 9.01. The van der Waals surface area contributed by atoms with Gasteiger partial charge in [-0.15, -0.1) is 0 Å². The van der Waals surface area contributed by atoms with Crippen molar-refractivity contribution in [3.63, 3.8) is 0 Å². The van der Waals surface area contributed by atoms with Gasteiger partial charge in [-0.2, -0.15) is 0 Å². The first kappa shape index (κ1) is 20.5. The monoisotopic (exact) mass is 429 g/mol. The van der Waals surface area contributed by atoms with Crippen molar-refractivity contribution in [1.82, 2.24) is 5.32 Å². The molecule has 0 fully saturated rings. The van der Waals surface area contributed by atoms with E-state index in [1.165, 1.54) is 0 Å². The van der Waals surface area contributed by atoms with E-state index in [0.29, 0.717) is 11.1 Å². The van der Waals surface area contributed by atoms with Gasteiger partial charge in [0, 0.05) is 11.1 Å². The van der Waals surface area contributed by atoms with E-state index >= 15 is 0 Å². The Morgan fingerprint density at radius 2 is 1.24 bits per heavy atom. The van der Waals surface area contributed by atoms with Crippen LogP contribution in [0.5, 0.6) is 5.75 Å². The maximum Gasteiger partial charge on any atom is 0.252 e. The predicted octanol–water partition coefficient (Wildman–Crippen LogP) is 6.73. The number of fused-ring (bicyclic) bond motifs is 1. The van der Waals surface area contributed by atoms with E-state index in [1.54, 1.807) is 18.2 Å². The molecule has 0 heterocycles. The molecule has 5 aromatic rings. The Labute approximate surface area is 193 Å². The second-order valence-corrected chi connectivity index (χ2v) is 7.98. The van der Waals surface area contributed by atoms with Crippen LogP contribution in [0.1, 0.15) is 27.5 Å². The summed E-state index contributed by atoms with van der Waals surface area (Å²) in [4.78, 5) is 13.1. The summed E-state index contributed by atoms with van der Waals surface area (Å²) in [6.45, 7) is 0. The van der Waals surface area contributed by atoms with Gasteiger partial charge in [-0.1, -0.05) is 103 Å². The van der Waals surface area contributed by atoms with Crippen LogP contribution in [-0.4, -0.2) is 11.0 Å². The molecule has 5 rings (SSSR count). The predicted molar refractivity (Wildman–Crippen MR) is 133 cm³/mol. The molecule has 0 radical (unpaired) electrons.